The molecule has 1 aromatic carbocycles. The van der Waals surface area contributed by atoms with Gasteiger partial charge in [-0.15, -0.1) is 5.10 Å². The molecule has 0 amide bonds. The fourth-order valence-electron chi connectivity index (χ4n) is 3.38. The lowest BCUT2D eigenvalue weighted by molar-refractivity contribution is -0.0799. The molecule has 1 saturated heterocycles. The van der Waals surface area contributed by atoms with Crippen molar-refractivity contribution in [3.05, 3.63) is 52.4 Å². The SMILES string of the molecule is Cc1cc(OC(F)F)nn1-c1nc(-n2cnc3cc(Br)c(OC4COC4)cc32)ccc1C#N. The molecule has 168 valence electrons. The molecule has 1 aliphatic rings. The van der Waals surface area contributed by atoms with E-state index in [2.05, 4.69) is 41.8 Å². The quantitative estimate of drug-likeness (QED) is 0.382. The number of aryl methyl sites for hydroxylation is 1. The molecular weight excluding hydrogens is 502 g/mol. The molecule has 3 aromatic heterocycles. The maximum Gasteiger partial charge on any atom is 0.388 e. The zero-order valence-corrected chi connectivity index (χ0v) is 18.7. The molecule has 0 bridgehead atoms. The number of ether oxygens (including phenoxy) is 3. The molecule has 33 heavy (non-hydrogen) atoms. The van der Waals surface area contributed by atoms with Crippen molar-refractivity contribution >= 4 is 27.0 Å². The number of hydrogen-bond acceptors (Lipinski definition) is 7. The number of benzene rings is 1. The zero-order chi connectivity index (χ0) is 23.1. The van der Waals surface area contributed by atoms with E-state index in [0.29, 0.717) is 36.0 Å². The third-order valence-corrected chi connectivity index (χ3v) is 5.62. The summed E-state index contributed by atoms with van der Waals surface area (Å²) in [6.07, 6.45) is 1.59. The molecule has 12 heteroatoms. The summed E-state index contributed by atoms with van der Waals surface area (Å²) in [6.45, 7) is -0.295. The van der Waals surface area contributed by atoms with E-state index in [1.54, 1.807) is 30.0 Å². The summed E-state index contributed by atoms with van der Waals surface area (Å²) < 4.78 is 44.5. The molecule has 0 N–H and O–H groups in total. The molecule has 0 unspecified atom stereocenters. The summed E-state index contributed by atoms with van der Waals surface area (Å²) in [6, 6.07) is 10.3. The lowest BCUT2D eigenvalue weighted by Crippen LogP contribution is -2.38. The first-order valence-corrected chi connectivity index (χ1v) is 10.6. The van der Waals surface area contributed by atoms with E-state index in [4.69, 9.17) is 9.47 Å². The highest BCUT2D eigenvalue weighted by Crippen LogP contribution is 2.32. The molecule has 0 saturated carbocycles. The average Bonchev–Trinajstić information content (AvgIpc) is 3.32. The van der Waals surface area contributed by atoms with Gasteiger partial charge in [-0.2, -0.15) is 14.0 Å². The average molecular weight is 517 g/mol. The van der Waals surface area contributed by atoms with Gasteiger partial charge in [0.15, 0.2) is 5.82 Å². The van der Waals surface area contributed by atoms with Gasteiger partial charge in [-0.25, -0.2) is 14.6 Å². The number of halogens is 3. The van der Waals surface area contributed by atoms with E-state index >= 15 is 0 Å². The Balaban J connectivity index is 1.58. The number of hydrogen-bond donors (Lipinski definition) is 0. The van der Waals surface area contributed by atoms with E-state index in [-0.39, 0.29) is 23.4 Å². The van der Waals surface area contributed by atoms with Crippen molar-refractivity contribution in [1.82, 2.24) is 24.3 Å². The summed E-state index contributed by atoms with van der Waals surface area (Å²) in [7, 11) is 0. The van der Waals surface area contributed by atoms with Crippen LogP contribution in [-0.4, -0.2) is 50.2 Å². The van der Waals surface area contributed by atoms with Crippen LogP contribution in [0.25, 0.3) is 22.7 Å². The van der Waals surface area contributed by atoms with Gasteiger partial charge < -0.3 is 14.2 Å². The Bertz CT molecular complexity index is 1390. The number of imidazole rings is 1. The predicted molar refractivity (Wildman–Crippen MR) is 115 cm³/mol. The number of nitriles is 1. The Morgan fingerprint density at radius 3 is 2.79 bits per heavy atom. The number of fused-ring (bicyclic) bond motifs is 1. The van der Waals surface area contributed by atoms with Crippen LogP contribution in [0.15, 0.2) is 41.1 Å². The van der Waals surface area contributed by atoms with Crippen LogP contribution in [0.3, 0.4) is 0 Å². The number of nitrogens with zero attached hydrogens (tertiary/aromatic N) is 6. The molecule has 0 atom stereocenters. The topological polar surface area (TPSA) is 100 Å². The minimum Gasteiger partial charge on any atom is -0.484 e. The standard InChI is InChI=1S/C21H15BrF2N6O3/c1-11-4-19(33-21(23)24)28-30(11)20-12(7-25)2-3-18(27-20)29-10-26-15-5-14(22)17(6-16(15)29)32-13-8-31-9-13/h2-6,10,13,21H,8-9H2,1H3. The smallest absolute Gasteiger partial charge is 0.388 e. The van der Waals surface area contributed by atoms with E-state index in [1.807, 2.05) is 12.1 Å². The van der Waals surface area contributed by atoms with Crippen LogP contribution in [0.2, 0.25) is 0 Å². The fraction of sp³-hybridized carbons (Fsp3) is 0.238. The number of alkyl halides is 2. The first-order valence-electron chi connectivity index (χ1n) is 9.77. The van der Waals surface area contributed by atoms with Gasteiger partial charge in [-0.1, -0.05) is 0 Å². The largest absolute Gasteiger partial charge is 0.484 e. The van der Waals surface area contributed by atoms with Crippen molar-refractivity contribution in [2.75, 3.05) is 13.2 Å². The number of rotatable bonds is 6. The van der Waals surface area contributed by atoms with Crippen LogP contribution < -0.4 is 9.47 Å². The Morgan fingerprint density at radius 2 is 2.09 bits per heavy atom. The van der Waals surface area contributed by atoms with Crippen LogP contribution in [0, 0.1) is 18.3 Å². The van der Waals surface area contributed by atoms with Gasteiger partial charge in [0, 0.05) is 17.8 Å². The van der Waals surface area contributed by atoms with Crippen LogP contribution >= 0.6 is 15.9 Å². The zero-order valence-electron chi connectivity index (χ0n) is 17.1. The van der Waals surface area contributed by atoms with Gasteiger partial charge in [-0.3, -0.25) is 4.57 Å². The lowest BCUT2D eigenvalue weighted by atomic mass is 10.2. The highest BCUT2D eigenvalue weighted by molar-refractivity contribution is 9.10. The molecule has 1 aliphatic heterocycles. The molecule has 4 heterocycles. The monoisotopic (exact) mass is 516 g/mol. The van der Waals surface area contributed by atoms with E-state index < -0.39 is 6.61 Å². The van der Waals surface area contributed by atoms with E-state index in [0.717, 1.165) is 9.99 Å². The molecule has 9 nitrogen and oxygen atoms in total. The van der Waals surface area contributed by atoms with Gasteiger partial charge >= 0.3 is 6.61 Å². The van der Waals surface area contributed by atoms with Gasteiger partial charge in [0.2, 0.25) is 5.88 Å². The van der Waals surface area contributed by atoms with Crippen molar-refractivity contribution in [3.8, 4) is 29.3 Å². The number of aromatic nitrogens is 5. The molecular formula is C21H15BrF2N6O3. The second-order valence-electron chi connectivity index (χ2n) is 7.23. The molecule has 0 radical (unpaired) electrons. The molecule has 0 spiro atoms. The van der Waals surface area contributed by atoms with Gasteiger partial charge in [0.05, 0.1) is 34.3 Å². The Hall–Kier alpha value is -3.56. The van der Waals surface area contributed by atoms with Crippen LogP contribution in [0.5, 0.6) is 11.6 Å². The predicted octanol–water partition coefficient (Wildman–Crippen LogP) is 3.93. The summed E-state index contributed by atoms with van der Waals surface area (Å²) in [4.78, 5) is 9.02. The second-order valence-corrected chi connectivity index (χ2v) is 8.08. The third-order valence-electron chi connectivity index (χ3n) is 5.01. The Kier molecular flexibility index (Phi) is 5.43. The molecule has 1 fully saturated rings. The molecule has 0 aliphatic carbocycles. The minimum absolute atomic E-state index is 0.0118. The maximum absolute atomic E-state index is 12.6. The maximum atomic E-state index is 12.6. The third kappa shape index (κ3) is 4.01. The molecule has 5 rings (SSSR count). The fourth-order valence-corrected chi connectivity index (χ4v) is 3.80. The first-order chi connectivity index (χ1) is 15.9. The number of pyridine rings is 1. The van der Waals surface area contributed by atoms with Gasteiger partial charge in [0.1, 0.15) is 30.1 Å². The minimum atomic E-state index is -3.01. The lowest BCUT2D eigenvalue weighted by Gasteiger charge is -2.27. The van der Waals surface area contributed by atoms with Crippen molar-refractivity contribution in [3.63, 3.8) is 0 Å². The van der Waals surface area contributed by atoms with Crippen LogP contribution in [-0.2, 0) is 4.74 Å². The van der Waals surface area contributed by atoms with Crippen LogP contribution in [0.4, 0.5) is 8.78 Å². The van der Waals surface area contributed by atoms with Crippen molar-refractivity contribution in [1.29, 1.82) is 5.26 Å². The summed E-state index contributed by atoms with van der Waals surface area (Å²) in [5.41, 5.74) is 2.13. The highest BCUT2D eigenvalue weighted by atomic mass is 79.9. The Labute approximate surface area is 194 Å². The van der Waals surface area contributed by atoms with Gasteiger partial charge in [0.25, 0.3) is 0 Å². The molecule has 4 aromatic rings. The summed E-state index contributed by atoms with van der Waals surface area (Å²) in [5.74, 6) is 1.01. The Morgan fingerprint density at radius 1 is 1.27 bits per heavy atom. The summed E-state index contributed by atoms with van der Waals surface area (Å²) >= 11 is 3.51. The van der Waals surface area contributed by atoms with Crippen LogP contribution in [0.1, 0.15) is 11.3 Å². The summed E-state index contributed by atoms with van der Waals surface area (Å²) in [5, 5.41) is 13.6. The van der Waals surface area contributed by atoms with E-state index in [1.165, 1.54) is 10.7 Å². The van der Waals surface area contributed by atoms with E-state index in [9.17, 15) is 14.0 Å². The first kappa shape index (κ1) is 21.3. The highest BCUT2D eigenvalue weighted by Gasteiger charge is 2.22. The van der Waals surface area contributed by atoms with Gasteiger partial charge in [-0.05, 0) is 41.1 Å². The van der Waals surface area contributed by atoms with Crippen molar-refractivity contribution in [2.45, 2.75) is 19.6 Å². The van der Waals surface area contributed by atoms with Crippen molar-refractivity contribution < 1.29 is 23.0 Å². The van der Waals surface area contributed by atoms with Crippen molar-refractivity contribution in [2.24, 2.45) is 0 Å². The normalized spacial score (nSPS) is 13.8. The second kappa shape index (κ2) is 8.42.